The SMILES string of the molecule is O=C(NCC(O)c1ccc([N+](=O)[O-])cc1)c1ccc(=O)[nH]n1. The molecular weight excluding hydrogens is 292 g/mol. The van der Waals surface area contributed by atoms with E-state index in [2.05, 4.69) is 15.5 Å². The molecule has 1 heterocycles. The van der Waals surface area contributed by atoms with Gasteiger partial charge in [0.15, 0.2) is 0 Å². The molecule has 0 spiro atoms. The maximum Gasteiger partial charge on any atom is 0.271 e. The minimum atomic E-state index is -1.02. The van der Waals surface area contributed by atoms with Crippen molar-refractivity contribution in [1.29, 1.82) is 0 Å². The van der Waals surface area contributed by atoms with Crippen LogP contribution in [0.1, 0.15) is 22.2 Å². The van der Waals surface area contributed by atoms with E-state index in [4.69, 9.17) is 0 Å². The molecule has 1 unspecified atom stereocenters. The highest BCUT2D eigenvalue weighted by Gasteiger charge is 2.13. The van der Waals surface area contributed by atoms with Gasteiger partial charge in [-0.3, -0.25) is 19.7 Å². The van der Waals surface area contributed by atoms with Gasteiger partial charge in [0.25, 0.3) is 17.2 Å². The number of aromatic nitrogens is 2. The number of carbonyl (C=O) groups is 1. The molecule has 2 rings (SSSR count). The molecule has 0 aliphatic carbocycles. The minimum Gasteiger partial charge on any atom is -0.387 e. The lowest BCUT2D eigenvalue weighted by Crippen LogP contribution is -2.29. The van der Waals surface area contributed by atoms with Crippen molar-refractivity contribution in [3.8, 4) is 0 Å². The number of H-pyrrole nitrogens is 1. The summed E-state index contributed by atoms with van der Waals surface area (Å²) < 4.78 is 0. The van der Waals surface area contributed by atoms with Crippen molar-refractivity contribution < 1.29 is 14.8 Å². The third kappa shape index (κ3) is 3.73. The summed E-state index contributed by atoms with van der Waals surface area (Å²) in [6.07, 6.45) is -1.02. The van der Waals surface area contributed by atoms with Crippen LogP contribution < -0.4 is 10.9 Å². The maximum atomic E-state index is 11.7. The number of aromatic amines is 1. The predicted molar refractivity (Wildman–Crippen MR) is 75.2 cm³/mol. The number of hydrogen-bond donors (Lipinski definition) is 3. The van der Waals surface area contributed by atoms with Gasteiger partial charge in [0.05, 0.1) is 11.0 Å². The Morgan fingerprint density at radius 3 is 2.55 bits per heavy atom. The van der Waals surface area contributed by atoms with Crippen molar-refractivity contribution in [2.45, 2.75) is 6.10 Å². The number of aliphatic hydroxyl groups is 1. The standard InChI is InChI=1S/C13H12N4O5/c18-11(8-1-3-9(4-2-8)17(21)22)7-14-13(20)10-5-6-12(19)16-15-10/h1-6,11,18H,7H2,(H,14,20)(H,16,19). The molecular formula is C13H12N4O5. The lowest BCUT2D eigenvalue weighted by Gasteiger charge is -2.11. The lowest BCUT2D eigenvalue weighted by molar-refractivity contribution is -0.384. The molecule has 0 radical (unpaired) electrons. The van der Waals surface area contributed by atoms with Crippen LogP contribution in [0.2, 0.25) is 0 Å². The number of nitro groups is 1. The number of rotatable bonds is 5. The van der Waals surface area contributed by atoms with Crippen molar-refractivity contribution in [2.24, 2.45) is 0 Å². The Kier molecular flexibility index (Phi) is 4.59. The van der Waals surface area contributed by atoms with Crippen LogP contribution in [0.25, 0.3) is 0 Å². The van der Waals surface area contributed by atoms with Crippen molar-refractivity contribution in [3.05, 3.63) is 68.1 Å². The number of nitro benzene ring substituents is 1. The molecule has 22 heavy (non-hydrogen) atoms. The first-order chi connectivity index (χ1) is 10.5. The average Bonchev–Trinajstić information content (AvgIpc) is 2.53. The molecule has 9 nitrogen and oxygen atoms in total. The van der Waals surface area contributed by atoms with Crippen LogP contribution in [0.3, 0.4) is 0 Å². The smallest absolute Gasteiger partial charge is 0.271 e. The van der Waals surface area contributed by atoms with Gasteiger partial charge in [0.1, 0.15) is 5.69 Å². The number of benzene rings is 1. The fraction of sp³-hybridized carbons (Fsp3) is 0.154. The fourth-order valence-corrected chi connectivity index (χ4v) is 1.69. The first-order valence-corrected chi connectivity index (χ1v) is 6.23. The summed E-state index contributed by atoms with van der Waals surface area (Å²) in [4.78, 5) is 32.6. The lowest BCUT2D eigenvalue weighted by atomic mass is 10.1. The van der Waals surface area contributed by atoms with Crippen molar-refractivity contribution in [3.63, 3.8) is 0 Å². The normalized spacial score (nSPS) is 11.7. The monoisotopic (exact) mass is 304 g/mol. The highest BCUT2D eigenvalue weighted by molar-refractivity contribution is 5.91. The third-order valence-corrected chi connectivity index (χ3v) is 2.86. The summed E-state index contributed by atoms with van der Waals surface area (Å²) in [7, 11) is 0. The van der Waals surface area contributed by atoms with Gasteiger partial charge >= 0.3 is 0 Å². The van der Waals surface area contributed by atoms with Crippen LogP contribution in [0, 0.1) is 10.1 Å². The van der Waals surface area contributed by atoms with Gasteiger partial charge in [-0.2, -0.15) is 5.10 Å². The van der Waals surface area contributed by atoms with Crippen LogP contribution in [-0.4, -0.2) is 32.7 Å². The van der Waals surface area contributed by atoms with Crippen LogP contribution in [0.5, 0.6) is 0 Å². The van der Waals surface area contributed by atoms with Gasteiger partial charge < -0.3 is 10.4 Å². The molecule has 0 bridgehead atoms. The molecule has 1 aromatic carbocycles. The topological polar surface area (TPSA) is 138 Å². The van der Waals surface area contributed by atoms with Crippen molar-refractivity contribution in [1.82, 2.24) is 15.5 Å². The molecule has 2 aromatic rings. The summed E-state index contributed by atoms with van der Waals surface area (Å²) in [5, 5.41) is 28.6. The van der Waals surface area contributed by atoms with Gasteiger partial charge in [0.2, 0.25) is 0 Å². The van der Waals surface area contributed by atoms with E-state index in [1.807, 2.05) is 0 Å². The Morgan fingerprint density at radius 2 is 2.00 bits per heavy atom. The highest BCUT2D eigenvalue weighted by Crippen LogP contribution is 2.17. The third-order valence-electron chi connectivity index (χ3n) is 2.86. The van der Waals surface area contributed by atoms with E-state index in [1.54, 1.807) is 0 Å². The molecule has 0 aliphatic rings. The summed E-state index contributed by atoms with van der Waals surface area (Å²) >= 11 is 0. The van der Waals surface area contributed by atoms with Gasteiger partial charge in [-0.05, 0) is 23.8 Å². The Hall–Kier alpha value is -3.07. The van der Waals surface area contributed by atoms with Crippen LogP contribution in [0.15, 0.2) is 41.2 Å². The molecule has 0 saturated carbocycles. The molecule has 0 saturated heterocycles. The van der Waals surface area contributed by atoms with Crippen LogP contribution in [0.4, 0.5) is 5.69 Å². The second-order valence-electron chi connectivity index (χ2n) is 4.38. The number of aliphatic hydroxyl groups excluding tert-OH is 1. The summed E-state index contributed by atoms with van der Waals surface area (Å²) in [5.41, 5.74) is -0.0734. The number of carbonyl (C=O) groups excluding carboxylic acids is 1. The number of non-ortho nitro benzene ring substituents is 1. The number of nitrogens with one attached hydrogen (secondary N) is 2. The quantitative estimate of drug-likeness (QED) is 0.530. The largest absolute Gasteiger partial charge is 0.387 e. The van der Waals surface area contributed by atoms with E-state index < -0.39 is 22.5 Å². The van der Waals surface area contributed by atoms with E-state index >= 15 is 0 Å². The first kappa shape index (κ1) is 15.3. The molecule has 114 valence electrons. The van der Waals surface area contributed by atoms with E-state index in [9.17, 15) is 24.8 Å². The van der Waals surface area contributed by atoms with Crippen molar-refractivity contribution in [2.75, 3.05) is 6.54 Å². The zero-order valence-corrected chi connectivity index (χ0v) is 11.2. The molecule has 9 heteroatoms. The molecule has 1 atom stereocenters. The van der Waals surface area contributed by atoms with Gasteiger partial charge in [-0.1, -0.05) is 0 Å². The second-order valence-corrected chi connectivity index (χ2v) is 4.38. The Balaban J connectivity index is 1.95. The maximum absolute atomic E-state index is 11.7. The predicted octanol–water partition coefficient (Wildman–Crippen LogP) is 0.142. The molecule has 1 aromatic heterocycles. The summed E-state index contributed by atoms with van der Waals surface area (Å²) in [6.45, 7) is -0.0998. The van der Waals surface area contributed by atoms with E-state index in [1.165, 1.54) is 30.3 Å². The molecule has 1 amide bonds. The Labute approximate surface area is 123 Å². The van der Waals surface area contributed by atoms with Gasteiger partial charge in [-0.15, -0.1) is 0 Å². The van der Waals surface area contributed by atoms with Crippen LogP contribution in [-0.2, 0) is 0 Å². The van der Waals surface area contributed by atoms with E-state index in [0.29, 0.717) is 5.56 Å². The van der Waals surface area contributed by atoms with Gasteiger partial charge in [-0.25, -0.2) is 5.10 Å². The van der Waals surface area contributed by atoms with Crippen molar-refractivity contribution >= 4 is 11.6 Å². The number of hydrogen-bond acceptors (Lipinski definition) is 6. The number of amides is 1. The Bertz CT molecular complexity index is 720. The minimum absolute atomic E-state index is 0.00972. The van der Waals surface area contributed by atoms with E-state index in [0.717, 1.165) is 6.07 Å². The first-order valence-electron chi connectivity index (χ1n) is 6.23. The highest BCUT2D eigenvalue weighted by atomic mass is 16.6. The molecule has 0 aliphatic heterocycles. The second kappa shape index (κ2) is 6.59. The number of nitrogens with zero attached hydrogens (tertiary/aromatic N) is 2. The zero-order chi connectivity index (χ0) is 16.1. The summed E-state index contributed by atoms with van der Waals surface area (Å²) in [5.74, 6) is -0.558. The molecule has 3 N–H and O–H groups in total. The van der Waals surface area contributed by atoms with E-state index in [-0.39, 0.29) is 17.9 Å². The average molecular weight is 304 g/mol. The Morgan fingerprint density at radius 1 is 1.32 bits per heavy atom. The van der Waals surface area contributed by atoms with Crippen LogP contribution >= 0.6 is 0 Å². The fourth-order valence-electron chi connectivity index (χ4n) is 1.69. The summed E-state index contributed by atoms with van der Waals surface area (Å²) in [6, 6.07) is 7.77. The molecule has 0 fully saturated rings. The zero-order valence-electron chi connectivity index (χ0n) is 11.2. The van der Waals surface area contributed by atoms with Gasteiger partial charge in [0, 0.05) is 24.7 Å².